The minimum atomic E-state index is 0.146. The molecule has 0 radical (unpaired) electrons. The molecule has 2 heterocycles. The van der Waals surface area contributed by atoms with E-state index in [2.05, 4.69) is 20.0 Å². The number of hydrogen-bond acceptors (Lipinski definition) is 4. The Morgan fingerprint density at radius 3 is 3.00 bits per heavy atom. The van der Waals surface area contributed by atoms with Crippen molar-refractivity contribution in [2.75, 3.05) is 0 Å². The Balaban J connectivity index is 2.68. The molecule has 0 aliphatic heterocycles. The van der Waals surface area contributed by atoms with Crippen LogP contribution in [0.5, 0.6) is 0 Å². The van der Waals surface area contributed by atoms with Crippen molar-refractivity contribution < 1.29 is 4.42 Å². The van der Waals surface area contributed by atoms with Crippen LogP contribution in [-0.2, 0) is 0 Å². The van der Waals surface area contributed by atoms with E-state index in [1.165, 1.54) is 12.6 Å². The molecular formula is C8H4ClN5O. The van der Waals surface area contributed by atoms with Crippen molar-refractivity contribution in [1.29, 1.82) is 0 Å². The first-order valence-electron chi connectivity index (χ1n) is 3.92. The quantitative estimate of drug-likeness (QED) is 0.337. The predicted molar refractivity (Wildman–Crippen MR) is 53.6 cm³/mol. The number of aromatic nitrogens is 2. The second-order valence-electron chi connectivity index (χ2n) is 2.53. The summed E-state index contributed by atoms with van der Waals surface area (Å²) < 4.78 is 5.14. The summed E-state index contributed by atoms with van der Waals surface area (Å²) in [5.74, 6) is 0.607. The van der Waals surface area contributed by atoms with E-state index in [4.69, 9.17) is 21.5 Å². The molecule has 0 aliphatic carbocycles. The molecular weight excluding hydrogens is 218 g/mol. The molecule has 0 fully saturated rings. The fourth-order valence-electron chi connectivity index (χ4n) is 1.11. The Labute approximate surface area is 89.2 Å². The van der Waals surface area contributed by atoms with Gasteiger partial charge in [-0.15, -0.1) is 0 Å². The van der Waals surface area contributed by atoms with Gasteiger partial charge < -0.3 is 4.42 Å². The summed E-state index contributed by atoms with van der Waals surface area (Å²) in [5.41, 5.74) is 8.75. The topological polar surface area (TPSA) is 87.7 Å². The summed E-state index contributed by atoms with van der Waals surface area (Å²) in [6.45, 7) is 0. The van der Waals surface area contributed by atoms with Gasteiger partial charge in [0, 0.05) is 4.91 Å². The Morgan fingerprint density at radius 2 is 2.33 bits per heavy atom. The Hall–Kier alpha value is -2.04. The number of rotatable bonds is 2. The molecule has 2 rings (SSSR count). The van der Waals surface area contributed by atoms with E-state index >= 15 is 0 Å². The van der Waals surface area contributed by atoms with Gasteiger partial charge in [0.15, 0.2) is 0 Å². The largest absolute Gasteiger partial charge is 0.464 e. The first kappa shape index (κ1) is 9.51. The lowest BCUT2D eigenvalue weighted by molar-refractivity contribution is 0.582. The molecule has 74 valence electrons. The summed E-state index contributed by atoms with van der Waals surface area (Å²) in [6.07, 6.45) is 2.71. The van der Waals surface area contributed by atoms with Crippen molar-refractivity contribution in [3.63, 3.8) is 0 Å². The van der Waals surface area contributed by atoms with E-state index < -0.39 is 0 Å². The van der Waals surface area contributed by atoms with Gasteiger partial charge in [0.1, 0.15) is 23.1 Å². The average molecular weight is 222 g/mol. The fourth-order valence-corrected chi connectivity index (χ4v) is 1.33. The lowest BCUT2D eigenvalue weighted by atomic mass is 10.2. The highest BCUT2D eigenvalue weighted by atomic mass is 35.5. The molecule has 0 spiro atoms. The maximum Gasteiger partial charge on any atom is 0.143 e. The molecule has 0 unspecified atom stereocenters. The van der Waals surface area contributed by atoms with Crippen LogP contribution < -0.4 is 0 Å². The Kier molecular flexibility index (Phi) is 2.53. The Morgan fingerprint density at radius 1 is 1.47 bits per heavy atom. The molecule has 15 heavy (non-hydrogen) atoms. The number of hydrogen-bond donors (Lipinski definition) is 0. The van der Waals surface area contributed by atoms with Gasteiger partial charge in [-0.3, -0.25) is 0 Å². The van der Waals surface area contributed by atoms with Crippen LogP contribution in [0.1, 0.15) is 0 Å². The standard InChI is InChI=1S/C8H4ClN5O/c9-7-6(5-2-1-3-15-5)8(13-14-10)12-4-11-7/h1-4H. The highest BCUT2D eigenvalue weighted by Crippen LogP contribution is 2.33. The van der Waals surface area contributed by atoms with Gasteiger partial charge in [-0.1, -0.05) is 11.6 Å². The van der Waals surface area contributed by atoms with E-state index in [0.717, 1.165) is 0 Å². The molecule has 0 saturated carbocycles. The zero-order chi connectivity index (χ0) is 10.7. The fraction of sp³-hybridized carbons (Fsp3) is 0. The SMILES string of the molecule is [N-]=[N+]=Nc1ncnc(Cl)c1-c1ccco1. The molecule has 0 aromatic carbocycles. The van der Waals surface area contributed by atoms with Gasteiger partial charge in [-0.25, -0.2) is 9.97 Å². The van der Waals surface area contributed by atoms with Crippen LogP contribution in [0.4, 0.5) is 5.82 Å². The number of azide groups is 1. The van der Waals surface area contributed by atoms with E-state index in [0.29, 0.717) is 11.3 Å². The molecule has 6 nitrogen and oxygen atoms in total. The van der Waals surface area contributed by atoms with Crippen LogP contribution in [0.15, 0.2) is 34.3 Å². The minimum Gasteiger partial charge on any atom is -0.464 e. The molecule has 0 N–H and O–H groups in total. The first-order valence-corrected chi connectivity index (χ1v) is 4.30. The van der Waals surface area contributed by atoms with Crippen LogP contribution in [0, 0.1) is 0 Å². The maximum atomic E-state index is 8.36. The molecule has 0 aliphatic rings. The van der Waals surface area contributed by atoms with Crippen molar-refractivity contribution in [3.8, 4) is 11.3 Å². The van der Waals surface area contributed by atoms with Gasteiger partial charge in [0.2, 0.25) is 0 Å². The molecule has 0 bridgehead atoms. The van der Waals surface area contributed by atoms with Crippen molar-refractivity contribution in [3.05, 3.63) is 40.3 Å². The van der Waals surface area contributed by atoms with Crippen molar-refractivity contribution in [1.82, 2.24) is 9.97 Å². The van der Waals surface area contributed by atoms with E-state index in [1.807, 2.05) is 0 Å². The molecule has 0 amide bonds. The smallest absolute Gasteiger partial charge is 0.143 e. The summed E-state index contributed by atoms with van der Waals surface area (Å²) in [4.78, 5) is 10.3. The molecule has 2 aromatic heterocycles. The summed E-state index contributed by atoms with van der Waals surface area (Å²) in [5, 5.41) is 3.59. The third-order valence-electron chi connectivity index (χ3n) is 1.69. The second-order valence-corrected chi connectivity index (χ2v) is 2.89. The van der Waals surface area contributed by atoms with Crippen LogP contribution in [0.25, 0.3) is 21.8 Å². The monoisotopic (exact) mass is 221 g/mol. The third kappa shape index (κ3) is 1.76. The minimum absolute atomic E-state index is 0.146. The highest BCUT2D eigenvalue weighted by molar-refractivity contribution is 6.32. The first-order chi connectivity index (χ1) is 7.33. The number of furan rings is 1. The summed E-state index contributed by atoms with van der Waals surface area (Å²) in [7, 11) is 0. The zero-order valence-corrected chi connectivity index (χ0v) is 8.09. The molecule has 2 aromatic rings. The maximum absolute atomic E-state index is 8.36. The lowest BCUT2D eigenvalue weighted by Gasteiger charge is -2.01. The summed E-state index contributed by atoms with van der Waals surface area (Å²) >= 11 is 5.86. The lowest BCUT2D eigenvalue weighted by Crippen LogP contribution is -1.85. The van der Waals surface area contributed by atoms with Gasteiger partial charge in [0.25, 0.3) is 0 Å². The summed E-state index contributed by atoms with van der Waals surface area (Å²) in [6, 6.07) is 3.37. The molecule has 0 saturated heterocycles. The van der Waals surface area contributed by atoms with Crippen molar-refractivity contribution in [2.24, 2.45) is 5.11 Å². The van der Waals surface area contributed by atoms with Crippen molar-refractivity contribution >= 4 is 17.4 Å². The molecule has 7 heteroatoms. The van der Waals surface area contributed by atoms with Crippen LogP contribution >= 0.6 is 11.6 Å². The normalized spacial score (nSPS) is 9.67. The van der Waals surface area contributed by atoms with Crippen molar-refractivity contribution in [2.45, 2.75) is 0 Å². The molecule has 0 atom stereocenters. The van der Waals surface area contributed by atoms with Gasteiger partial charge in [0.05, 0.1) is 11.8 Å². The highest BCUT2D eigenvalue weighted by Gasteiger charge is 2.13. The number of halogens is 1. The van der Waals surface area contributed by atoms with E-state index in [-0.39, 0.29) is 11.0 Å². The number of nitrogens with zero attached hydrogens (tertiary/aromatic N) is 5. The van der Waals surface area contributed by atoms with Gasteiger partial charge in [-0.05, 0) is 22.8 Å². The van der Waals surface area contributed by atoms with Gasteiger partial charge >= 0.3 is 0 Å². The second kappa shape index (κ2) is 4.00. The average Bonchev–Trinajstić information content (AvgIpc) is 2.71. The zero-order valence-electron chi connectivity index (χ0n) is 7.33. The van der Waals surface area contributed by atoms with E-state index in [9.17, 15) is 0 Å². The van der Waals surface area contributed by atoms with E-state index in [1.54, 1.807) is 12.1 Å². The van der Waals surface area contributed by atoms with Gasteiger partial charge in [-0.2, -0.15) is 0 Å². The van der Waals surface area contributed by atoms with Crippen LogP contribution in [-0.4, -0.2) is 9.97 Å². The Bertz CT molecular complexity index is 518. The van der Waals surface area contributed by atoms with Crippen LogP contribution in [0.3, 0.4) is 0 Å². The van der Waals surface area contributed by atoms with Crippen LogP contribution in [0.2, 0.25) is 5.15 Å². The third-order valence-corrected chi connectivity index (χ3v) is 1.97. The predicted octanol–water partition coefficient (Wildman–Crippen LogP) is 3.33.